The predicted octanol–water partition coefficient (Wildman–Crippen LogP) is -1.58. The highest BCUT2D eigenvalue weighted by atomic mass is 16.4. The Morgan fingerprint density at radius 2 is 1.92 bits per heavy atom. The van der Waals surface area contributed by atoms with Gasteiger partial charge < -0.3 is 10.2 Å². The van der Waals surface area contributed by atoms with E-state index < -0.39 is 24.9 Å². The first kappa shape index (κ1) is 9.87. The minimum Gasteiger partial charge on any atom is -0.371 e. The molecule has 0 aromatic heterocycles. The van der Waals surface area contributed by atoms with Crippen LogP contribution in [0.1, 0.15) is 13.8 Å². The van der Waals surface area contributed by atoms with Crippen LogP contribution in [0.25, 0.3) is 0 Å². The van der Waals surface area contributed by atoms with Crippen LogP contribution in [0.4, 0.5) is 0 Å². The molecule has 0 saturated carbocycles. The van der Waals surface area contributed by atoms with Gasteiger partial charge in [-0.15, -0.1) is 0 Å². The second-order valence-corrected chi connectivity index (χ2v) is 3.20. The molecule has 2 N–H and O–H groups in total. The molecule has 7 nitrogen and oxygen atoms in total. The molecular formula is C6H12N3O4+. The molecule has 1 fully saturated rings. The third kappa shape index (κ3) is 1.16. The van der Waals surface area contributed by atoms with Crippen molar-refractivity contribution in [3.63, 3.8) is 0 Å². The summed E-state index contributed by atoms with van der Waals surface area (Å²) in [7, 11) is 0. The Labute approximate surface area is 74.7 Å². The van der Waals surface area contributed by atoms with Gasteiger partial charge in [-0.05, 0) is 18.9 Å². The van der Waals surface area contributed by atoms with Gasteiger partial charge in [0.15, 0.2) is 19.0 Å². The highest BCUT2D eigenvalue weighted by Gasteiger charge is 2.59. The molecule has 0 bridgehead atoms. The van der Waals surface area contributed by atoms with Crippen molar-refractivity contribution in [1.82, 2.24) is 10.0 Å². The van der Waals surface area contributed by atoms with E-state index in [1.54, 1.807) is 0 Å². The van der Waals surface area contributed by atoms with Gasteiger partial charge in [-0.2, -0.15) is 0 Å². The van der Waals surface area contributed by atoms with E-state index in [4.69, 9.17) is 10.2 Å². The minimum absolute atomic E-state index is 0.169. The Morgan fingerprint density at radius 3 is 2.15 bits per heavy atom. The Hall–Kier alpha value is -1.21. The third-order valence-electron chi connectivity index (χ3n) is 2.08. The van der Waals surface area contributed by atoms with E-state index in [0.717, 1.165) is 5.01 Å². The molecule has 0 spiro atoms. The lowest BCUT2D eigenvalue weighted by Gasteiger charge is -2.15. The number of hydrogen-bond acceptors (Lipinski definition) is 4. The number of rotatable bonds is 2. The smallest absolute Gasteiger partial charge is 0.318 e. The molecule has 0 aliphatic carbocycles. The molecule has 0 atom stereocenters. The lowest BCUT2D eigenvalue weighted by molar-refractivity contribution is -0.813. The van der Waals surface area contributed by atoms with Crippen molar-refractivity contribution >= 4 is 5.91 Å². The summed E-state index contributed by atoms with van der Waals surface area (Å²) in [6.45, 7) is 1.72. The number of hydrazine groups is 2. The van der Waals surface area contributed by atoms with E-state index in [2.05, 4.69) is 0 Å². The molecule has 0 aromatic carbocycles. The molecule has 1 rings (SSSR count). The zero-order valence-electron chi connectivity index (χ0n) is 7.47. The van der Waals surface area contributed by atoms with Crippen molar-refractivity contribution in [3.05, 3.63) is 4.91 Å². The average molecular weight is 190 g/mol. The molecule has 0 aromatic rings. The number of carbonyl (C=O) groups excluding carboxylic acids is 1. The van der Waals surface area contributed by atoms with Gasteiger partial charge in [0.25, 0.3) is 4.98 Å². The van der Waals surface area contributed by atoms with Crippen molar-refractivity contribution in [1.29, 1.82) is 0 Å². The molecule has 1 aliphatic heterocycles. The zero-order valence-corrected chi connectivity index (χ0v) is 7.47. The summed E-state index contributed by atoms with van der Waals surface area (Å²) in [4.78, 5) is 22.8. The van der Waals surface area contributed by atoms with E-state index in [1.165, 1.54) is 13.8 Å². The maximum Gasteiger partial charge on any atom is 0.318 e. The van der Waals surface area contributed by atoms with Crippen molar-refractivity contribution in [3.8, 4) is 0 Å². The fourth-order valence-electron chi connectivity index (χ4n) is 1.20. The number of carbonyl (C=O) groups is 1. The number of hydrogen-bond donors (Lipinski definition) is 2. The standard InChI is InChI=1S/C6H12N3O4/c1-6(2)5(12)7(3-10)9(13)8(6)4-11/h10-11H,3-4H2,1-2H3/q+1. The topological polar surface area (TPSA) is 84.1 Å². The summed E-state index contributed by atoms with van der Waals surface area (Å²) in [6, 6.07) is 0. The normalized spacial score (nSPS) is 21.5. The first-order valence-electron chi connectivity index (χ1n) is 3.75. The van der Waals surface area contributed by atoms with Gasteiger partial charge in [-0.25, -0.2) is 0 Å². The van der Waals surface area contributed by atoms with Crippen LogP contribution in [0.5, 0.6) is 0 Å². The van der Waals surface area contributed by atoms with E-state index >= 15 is 0 Å². The Balaban J connectivity index is 3.03. The number of aliphatic hydroxyl groups is 2. The fourth-order valence-corrected chi connectivity index (χ4v) is 1.20. The molecule has 1 saturated heterocycles. The lowest BCUT2D eigenvalue weighted by atomic mass is 10.1. The molecule has 7 heteroatoms. The molecule has 13 heavy (non-hydrogen) atoms. The SMILES string of the molecule is CC1(C)C(=O)N(CO)[N+](=O)N1CO. The Bertz CT molecular complexity index is 252. The van der Waals surface area contributed by atoms with Crippen LogP contribution in [0.2, 0.25) is 0 Å². The van der Waals surface area contributed by atoms with Crippen LogP contribution in [0, 0.1) is 4.91 Å². The van der Waals surface area contributed by atoms with Crippen molar-refractivity contribution in [2.75, 3.05) is 13.5 Å². The van der Waals surface area contributed by atoms with E-state index in [9.17, 15) is 9.70 Å². The first-order valence-corrected chi connectivity index (χ1v) is 3.75. The molecule has 1 amide bonds. The summed E-state index contributed by atoms with van der Waals surface area (Å²) in [5.41, 5.74) is -1.11. The molecule has 1 heterocycles. The van der Waals surface area contributed by atoms with E-state index in [1.807, 2.05) is 0 Å². The molecule has 74 valence electrons. The van der Waals surface area contributed by atoms with Gasteiger partial charge >= 0.3 is 5.91 Å². The summed E-state index contributed by atoms with van der Waals surface area (Å²) < 4.78 is 0. The molecule has 1 aliphatic rings. The monoisotopic (exact) mass is 190 g/mol. The Morgan fingerprint density at radius 1 is 1.38 bits per heavy atom. The molecule has 0 radical (unpaired) electrons. The Kier molecular flexibility index (Phi) is 2.22. The summed E-state index contributed by atoms with van der Waals surface area (Å²) in [6.07, 6.45) is 0. The average Bonchev–Trinajstić information content (AvgIpc) is 2.20. The summed E-state index contributed by atoms with van der Waals surface area (Å²) in [5.74, 6) is -0.543. The molecular weight excluding hydrogens is 178 g/mol. The zero-order chi connectivity index (χ0) is 10.2. The number of nitroso groups, excluding NO2 is 1. The first-order chi connectivity index (χ1) is 5.96. The molecule has 0 unspecified atom stereocenters. The number of aliphatic hydroxyl groups excluding tert-OH is 2. The van der Waals surface area contributed by atoms with Crippen LogP contribution < -0.4 is 0 Å². The van der Waals surface area contributed by atoms with Crippen LogP contribution in [0.3, 0.4) is 0 Å². The van der Waals surface area contributed by atoms with Crippen LogP contribution in [-0.4, -0.2) is 50.1 Å². The highest BCUT2D eigenvalue weighted by Crippen LogP contribution is 2.24. The van der Waals surface area contributed by atoms with Gasteiger partial charge in [0.05, 0.1) is 4.91 Å². The predicted molar refractivity (Wildman–Crippen MR) is 40.6 cm³/mol. The maximum atomic E-state index is 11.4. The third-order valence-corrected chi connectivity index (χ3v) is 2.08. The highest BCUT2D eigenvalue weighted by molar-refractivity contribution is 5.85. The lowest BCUT2D eigenvalue weighted by Crippen LogP contribution is -2.45. The van der Waals surface area contributed by atoms with Gasteiger partial charge in [-0.3, -0.25) is 4.79 Å². The minimum atomic E-state index is -1.11. The van der Waals surface area contributed by atoms with Crippen molar-refractivity contribution in [2.45, 2.75) is 19.4 Å². The van der Waals surface area contributed by atoms with Gasteiger partial charge in [0.2, 0.25) is 0 Å². The van der Waals surface area contributed by atoms with Crippen molar-refractivity contribution < 1.29 is 20.0 Å². The van der Waals surface area contributed by atoms with Crippen LogP contribution >= 0.6 is 0 Å². The summed E-state index contributed by atoms with van der Waals surface area (Å²) >= 11 is 0. The van der Waals surface area contributed by atoms with Crippen LogP contribution in [0.15, 0.2) is 0 Å². The van der Waals surface area contributed by atoms with Gasteiger partial charge in [0, 0.05) is 0 Å². The second-order valence-electron chi connectivity index (χ2n) is 3.20. The quantitative estimate of drug-likeness (QED) is 0.513. The largest absolute Gasteiger partial charge is 0.371 e. The fraction of sp³-hybridized carbons (Fsp3) is 0.833. The number of amides is 1. The van der Waals surface area contributed by atoms with Gasteiger partial charge in [-0.1, -0.05) is 5.01 Å². The van der Waals surface area contributed by atoms with Crippen molar-refractivity contribution in [2.24, 2.45) is 0 Å². The number of nitrogens with zero attached hydrogens (tertiary/aromatic N) is 3. The van der Waals surface area contributed by atoms with E-state index in [0.29, 0.717) is 5.01 Å². The second kappa shape index (κ2) is 2.93. The maximum absolute atomic E-state index is 11.4. The summed E-state index contributed by atoms with van der Waals surface area (Å²) in [5, 5.41) is 19.1. The van der Waals surface area contributed by atoms with E-state index in [-0.39, 0.29) is 4.98 Å². The van der Waals surface area contributed by atoms with Crippen LogP contribution in [-0.2, 0) is 4.79 Å². The van der Waals surface area contributed by atoms with Gasteiger partial charge in [0.1, 0.15) is 0 Å².